The van der Waals surface area contributed by atoms with Gasteiger partial charge in [0.2, 0.25) is 11.8 Å². The highest BCUT2D eigenvalue weighted by atomic mass is 35.5. The van der Waals surface area contributed by atoms with Crippen LogP contribution in [0.25, 0.3) is 11.6 Å². The number of carboxylic acids is 1. The van der Waals surface area contributed by atoms with Crippen LogP contribution in [-0.4, -0.2) is 65.3 Å². The van der Waals surface area contributed by atoms with E-state index in [9.17, 15) is 9.59 Å². The van der Waals surface area contributed by atoms with Gasteiger partial charge in [-0.3, -0.25) is 0 Å². The standard InChI is InChI=1S/C22H26ClN3O3.C18H18ClN3O3/c1-20(2,3)29-19(27)14-4-5-16(24-18(14)23)26-12-6-17(25-26)28-13-7-15-21(8-9-21)22(15)10-11-22;19-15-11(16(23)24)1-2-13(20-15)22-9-3-14(21-22)25-10-4-12-17(5-6-17)18(12)7-8-18/h4-6,12,15H,7-11,13H2,1-3H3;1-3,9,12H,4-8,10H2,(H,23,24)/i7D2,13D2;4D2,10D2. The second-order valence-corrected chi connectivity index (χ2v) is 16.9. The van der Waals surface area contributed by atoms with Crippen molar-refractivity contribution in [2.24, 2.45) is 33.5 Å². The van der Waals surface area contributed by atoms with Gasteiger partial charge in [-0.2, -0.15) is 0 Å². The summed E-state index contributed by atoms with van der Waals surface area (Å²) in [7, 11) is 0. The molecule has 6 aliphatic carbocycles. The Bertz CT molecular complexity index is 2470. The predicted octanol–water partition coefficient (Wildman–Crippen LogP) is 8.41. The second-order valence-electron chi connectivity index (χ2n) is 16.2. The van der Waals surface area contributed by atoms with Crippen LogP contribution in [0.3, 0.4) is 0 Å². The number of pyridine rings is 2. The second kappa shape index (κ2) is 12.4. The molecule has 4 aromatic rings. The number of nitrogens with zero attached hydrogens (tertiary/aromatic N) is 6. The van der Waals surface area contributed by atoms with Gasteiger partial charge in [-0.1, -0.05) is 23.2 Å². The summed E-state index contributed by atoms with van der Waals surface area (Å²) in [5, 5.41) is 17.1. The Hall–Kier alpha value is -4.16. The monoisotopic (exact) mass is 782 g/mol. The molecule has 14 heteroatoms. The summed E-state index contributed by atoms with van der Waals surface area (Å²) in [6.07, 6.45) is 6.52. The highest BCUT2D eigenvalue weighted by Crippen LogP contribution is 2.93. The van der Waals surface area contributed by atoms with E-state index < -0.39 is 43.4 Å². The van der Waals surface area contributed by atoms with E-state index in [2.05, 4.69) is 20.2 Å². The topological polar surface area (TPSA) is 143 Å². The Morgan fingerprint density at radius 2 is 1.15 bits per heavy atom. The number of fused-ring (bicyclic) bond motifs is 2. The molecule has 4 spiro atoms. The van der Waals surface area contributed by atoms with E-state index in [-0.39, 0.29) is 72.5 Å². The van der Waals surface area contributed by atoms with E-state index in [0.29, 0.717) is 5.82 Å². The predicted molar refractivity (Wildman–Crippen MR) is 199 cm³/mol. The van der Waals surface area contributed by atoms with Gasteiger partial charge >= 0.3 is 11.9 Å². The van der Waals surface area contributed by atoms with Crippen molar-refractivity contribution in [3.63, 3.8) is 0 Å². The molecule has 1 N–H and O–H groups in total. The van der Waals surface area contributed by atoms with E-state index in [4.69, 9.17) is 53.5 Å². The van der Waals surface area contributed by atoms with Crippen LogP contribution < -0.4 is 9.47 Å². The van der Waals surface area contributed by atoms with Gasteiger partial charge in [0, 0.05) is 30.0 Å². The highest BCUT2D eigenvalue weighted by Gasteiger charge is 2.86. The Kier molecular flexibility index (Phi) is 6.31. The summed E-state index contributed by atoms with van der Waals surface area (Å²) >= 11 is 12.1. The summed E-state index contributed by atoms with van der Waals surface area (Å²) in [5.41, 5.74) is -0.743. The molecular formula is C40H44Cl2N6O6. The van der Waals surface area contributed by atoms with Gasteiger partial charge in [-0.25, -0.2) is 28.9 Å². The first kappa shape index (κ1) is 27.4. The smallest absolute Gasteiger partial charge is 0.341 e. The molecule has 6 saturated carbocycles. The molecule has 12 nitrogen and oxygen atoms in total. The molecule has 0 aromatic carbocycles. The van der Waals surface area contributed by atoms with Crippen molar-refractivity contribution >= 4 is 35.1 Å². The lowest BCUT2D eigenvalue weighted by molar-refractivity contribution is 0.00690. The molecule has 284 valence electrons. The van der Waals surface area contributed by atoms with Crippen LogP contribution in [0, 0.1) is 33.5 Å². The van der Waals surface area contributed by atoms with Crippen molar-refractivity contribution in [1.82, 2.24) is 29.5 Å². The minimum atomic E-state index is -2.54. The van der Waals surface area contributed by atoms with Crippen molar-refractivity contribution in [2.75, 3.05) is 13.1 Å². The fourth-order valence-electron chi connectivity index (χ4n) is 8.72. The quantitative estimate of drug-likeness (QED) is 0.110. The van der Waals surface area contributed by atoms with Gasteiger partial charge in [-0.15, -0.1) is 10.2 Å². The fraction of sp³-hybridized carbons (Fsp3) is 0.550. The molecule has 0 saturated heterocycles. The van der Waals surface area contributed by atoms with Crippen molar-refractivity contribution in [3.8, 4) is 23.4 Å². The SMILES string of the molecule is [2H]C([2H])(Oc1ccn(-c2ccc(C(=O)O)c(Cl)n2)n1)C([2H])([2H])C1C2(CC2)C12CC2.[2H]C([2H])(Oc1ccn(-c2ccc(C(=O)OC(C)(C)C)c(Cl)n2)n1)C([2H])([2H])C1C2(CC2)C12CC2. The third kappa shape index (κ3) is 6.13. The van der Waals surface area contributed by atoms with Crippen LogP contribution in [-0.2, 0) is 4.74 Å². The molecule has 0 aliphatic heterocycles. The van der Waals surface area contributed by atoms with Crippen LogP contribution in [0.15, 0.2) is 48.8 Å². The lowest BCUT2D eigenvalue weighted by Gasteiger charge is -2.19. The van der Waals surface area contributed by atoms with Crippen molar-refractivity contribution in [3.05, 3.63) is 70.2 Å². The number of halogens is 2. The van der Waals surface area contributed by atoms with Gasteiger partial charge in [0.1, 0.15) is 15.9 Å². The molecule has 4 heterocycles. The number of rotatable bonds is 12. The molecular weight excluding hydrogens is 731 g/mol. The molecule has 0 unspecified atom stereocenters. The maximum atomic E-state index is 12.3. The third-order valence-corrected chi connectivity index (χ3v) is 12.6. The summed E-state index contributed by atoms with van der Waals surface area (Å²) in [6, 6.07) is 8.57. The molecule has 0 amide bonds. The summed E-state index contributed by atoms with van der Waals surface area (Å²) in [6.45, 7) is 0.183. The van der Waals surface area contributed by atoms with Crippen LogP contribution in [0.4, 0.5) is 0 Å². The lowest BCUT2D eigenvalue weighted by Crippen LogP contribution is -2.24. The van der Waals surface area contributed by atoms with E-state index >= 15 is 0 Å². The normalized spacial score (nSPS) is 24.3. The van der Waals surface area contributed by atoms with Gasteiger partial charge in [0.25, 0.3) is 0 Å². The number of hydrogen-bond donors (Lipinski definition) is 1. The van der Waals surface area contributed by atoms with Gasteiger partial charge in [0.05, 0.1) is 29.7 Å². The summed E-state index contributed by atoms with van der Waals surface area (Å²) in [5.74, 6) is -2.04. The number of carbonyl (C=O) groups excluding carboxylic acids is 1. The van der Waals surface area contributed by atoms with E-state index in [1.807, 2.05) is 0 Å². The van der Waals surface area contributed by atoms with E-state index in [1.165, 1.54) is 58.2 Å². The number of ether oxygens (including phenoxy) is 3. The molecule has 0 radical (unpaired) electrons. The minimum Gasteiger partial charge on any atom is -0.478 e. The van der Waals surface area contributed by atoms with E-state index in [1.54, 1.807) is 20.8 Å². The van der Waals surface area contributed by atoms with Gasteiger partial charge < -0.3 is 19.3 Å². The number of aromatic carboxylic acids is 1. The summed E-state index contributed by atoms with van der Waals surface area (Å²) < 4.78 is 86.2. The zero-order chi connectivity index (χ0) is 44.8. The van der Waals surface area contributed by atoms with Crippen molar-refractivity contribution < 1.29 is 39.9 Å². The molecule has 0 atom stereocenters. The number of esters is 1. The van der Waals surface area contributed by atoms with Crippen molar-refractivity contribution in [1.29, 1.82) is 0 Å². The number of aromatic nitrogens is 6. The van der Waals surface area contributed by atoms with Crippen LogP contribution >= 0.6 is 23.2 Å². The maximum Gasteiger partial charge on any atom is 0.341 e. The Morgan fingerprint density at radius 3 is 1.50 bits per heavy atom. The largest absolute Gasteiger partial charge is 0.478 e. The Morgan fingerprint density at radius 1 is 0.741 bits per heavy atom. The molecule has 6 aliphatic rings. The van der Waals surface area contributed by atoms with Gasteiger partial charge in [-0.05, 0) is 143 Å². The zero-order valence-corrected chi connectivity index (χ0v) is 31.4. The van der Waals surface area contributed by atoms with Crippen molar-refractivity contribution in [2.45, 2.75) is 90.5 Å². The van der Waals surface area contributed by atoms with Crippen LogP contribution in [0.5, 0.6) is 11.8 Å². The van der Waals surface area contributed by atoms with Gasteiger partial charge in [0.15, 0.2) is 11.6 Å². The third-order valence-electron chi connectivity index (χ3n) is 12.0. The lowest BCUT2D eigenvalue weighted by atomic mass is 10.2. The number of carboxylic acid groups (broad SMARTS) is 1. The average molecular weight is 784 g/mol. The van der Waals surface area contributed by atoms with Crippen LogP contribution in [0.2, 0.25) is 10.3 Å². The maximum absolute atomic E-state index is 12.3. The molecule has 54 heavy (non-hydrogen) atoms. The molecule has 6 fully saturated rings. The Labute approximate surface area is 334 Å². The van der Waals surface area contributed by atoms with E-state index in [0.717, 1.165) is 51.4 Å². The Balaban J connectivity index is 0.000000159. The average Bonchev–Trinajstić information content (AvgIpc) is 3.88. The zero-order valence-electron chi connectivity index (χ0n) is 37.9. The first-order chi connectivity index (χ1) is 28.8. The number of hydrogen-bond acceptors (Lipinski definition) is 9. The highest BCUT2D eigenvalue weighted by molar-refractivity contribution is 6.32. The molecule has 4 aromatic heterocycles. The minimum absolute atomic E-state index is 0.0108. The number of carbonyl (C=O) groups is 2. The first-order valence-electron chi connectivity index (χ1n) is 22.1. The summed E-state index contributed by atoms with van der Waals surface area (Å²) in [4.78, 5) is 31.5. The van der Waals surface area contributed by atoms with Crippen LogP contribution in [0.1, 0.15) is 117 Å². The molecule has 10 rings (SSSR count). The first-order valence-corrected chi connectivity index (χ1v) is 18.8. The fourth-order valence-corrected chi connectivity index (χ4v) is 9.18. The molecule has 0 bridgehead atoms.